The predicted octanol–water partition coefficient (Wildman–Crippen LogP) is 2.05. The molecule has 2 unspecified atom stereocenters. The van der Waals surface area contributed by atoms with Gasteiger partial charge in [-0.1, -0.05) is 6.92 Å². The molecular weight excluding hydrogens is 231 g/mol. The Morgan fingerprint density at radius 3 is 2.83 bits per heavy atom. The summed E-state index contributed by atoms with van der Waals surface area (Å²) < 4.78 is 13.3. The maximum Gasteiger partial charge on any atom is 0.123 e. The first-order valence-corrected chi connectivity index (χ1v) is 6.47. The summed E-state index contributed by atoms with van der Waals surface area (Å²) in [6.45, 7) is 5.37. The number of rotatable bonds is 2. The van der Waals surface area contributed by atoms with Crippen molar-refractivity contribution in [2.45, 2.75) is 32.4 Å². The van der Waals surface area contributed by atoms with E-state index >= 15 is 0 Å². The first kappa shape index (κ1) is 13.3. The van der Waals surface area contributed by atoms with Crippen LogP contribution in [0, 0.1) is 11.7 Å². The molecule has 18 heavy (non-hydrogen) atoms. The molecule has 1 fully saturated rings. The van der Waals surface area contributed by atoms with E-state index < -0.39 is 0 Å². The van der Waals surface area contributed by atoms with E-state index in [1.54, 1.807) is 6.07 Å². The molecule has 0 aliphatic carbocycles. The second-order valence-corrected chi connectivity index (χ2v) is 5.27. The molecule has 1 heterocycles. The van der Waals surface area contributed by atoms with Crippen LogP contribution < -0.4 is 10.6 Å². The fourth-order valence-corrected chi connectivity index (χ4v) is 2.45. The number of nitrogens with two attached hydrogens (primary N) is 1. The zero-order valence-electron chi connectivity index (χ0n) is 10.9. The standard InChI is InChI=1S/C14H21FN2O/c1-9-5-6-17(8-14(9)18)13-4-3-11(15)7-12(13)10(2)16/h3-4,7,9-10,14,18H,5-6,8,16H2,1-2H3/t9?,10-,14?/m0/s1. The van der Waals surface area contributed by atoms with E-state index in [9.17, 15) is 9.50 Å². The minimum absolute atomic E-state index is 0.216. The van der Waals surface area contributed by atoms with E-state index in [2.05, 4.69) is 11.8 Å². The molecular formula is C14H21FN2O. The highest BCUT2D eigenvalue weighted by atomic mass is 19.1. The van der Waals surface area contributed by atoms with Crippen LogP contribution in [0.2, 0.25) is 0 Å². The molecule has 0 bridgehead atoms. The van der Waals surface area contributed by atoms with Gasteiger partial charge in [0.25, 0.3) is 0 Å². The summed E-state index contributed by atoms with van der Waals surface area (Å²) in [7, 11) is 0. The second kappa shape index (κ2) is 5.24. The van der Waals surface area contributed by atoms with E-state index in [4.69, 9.17) is 5.73 Å². The Morgan fingerprint density at radius 2 is 2.22 bits per heavy atom. The average molecular weight is 252 g/mol. The number of anilines is 1. The molecule has 0 aromatic heterocycles. The van der Waals surface area contributed by atoms with Gasteiger partial charge in [-0.25, -0.2) is 4.39 Å². The molecule has 1 saturated heterocycles. The van der Waals surface area contributed by atoms with Crippen LogP contribution in [-0.4, -0.2) is 24.3 Å². The number of piperidine rings is 1. The molecule has 0 spiro atoms. The van der Waals surface area contributed by atoms with Crippen LogP contribution in [0.1, 0.15) is 31.9 Å². The Labute approximate surface area is 107 Å². The highest BCUT2D eigenvalue weighted by molar-refractivity contribution is 5.55. The lowest BCUT2D eigenvalue weighted by Crippen LogP contribution is -2.43. The van der Waals surface area contributed by atoms with Gasteiger partial charge in [0.05, 0.1) is 6.10 Å². The molecule has 1 aliphatic heterocycles. The highest BCUT2D eigenvalue weighted by Crippen LogP contribution is 2.29. The number of aliphatic hydroxyl groups excluding tert-OH is 1. The number of hydrogen-bond donors (Lipinski definition) is 2. The Bertz CT molecular complexity index is 422. The van der Waals surface area contributed by atoms with Crippen LogP contribution in [0.15, 0.2) is 18.2 Å². The number of benzene rings is 1. The van der Waals surface area contributed by atoms with Crippen LogP contribution >= 0.6 is 0 Å². The first-order valence-electron chi connectivity index (χ1n) is 6.47. The molecule has 3 atom stereocenters. The van der Waals surface area contributed by atoms with Gasteiger partial charge in [0, 0.05) is 24.8 Å². The average Bonchev–Trinajstić information content (AvgIpc) is 2.32. The van der Waals surface area contributed by atoms with Gasteiger partial charge >= 0.3 is 0 Å². The van der Waals surface area contributed by atoms with Crippen LogP contribution in [0.5, 0.6) is 0 Å². The summed E-state index contributed by atoms with van der Waals surface area (Å²) in [6, 6.07) is 4.49. The van der Waals surface area contributed by atoms with Gasteiger partial charge in [-0.15, -0.1) is 0 Å². The Morgan fingerprint density at radius 1 is 1.50 bits per heavy atom. The summed E-state index contributed by atoms with van der Waals surface area (Å²) in [6.07, 6.45) is 0.612. The normalized spacial score (nSPS) is 26.2. The van der Waals surface area contributed by atoms with Crippen LogP contribution in [0.4, 0.5) is 10.1 Å². The lowest BCUT2D eigenvalue weighted by Gasteiger charge is -2.37. The van der Waals surface area contributed by atoms with Crippen molar-refractivity contribution in [2.24, 2.45) is 11.7 Å². The molecule has 2 rings (SSSR count). The third kappa shape index (κ3) is 2.65. The summed E-state index contributed by atoms with van der Waals surface area (Å²) in [5.74, 6) is 0.0532. The third-order valence-electron chi connectivity index (χ3n) is 3.74. The smallest absolute Gasteiger partial charge is 0.123 e. The largest absolute Gasteiger partial charge is 0.391 e. The highest BCUT2D eigenvalue weighted by Gasteiger charge is 2.26. The zero-order chi connectivity index (χ0) is 13.3. The Kier molecular flexibility index (Phi) is 3.88. The Hall–Kier alpha value is -1.13. The Balaban J connectivity index is 2.28. The van der Waals surface area contributed by atoms with Crippen LogP contribution in [0.25, 0.3) is 0 Å². The van der Waals surface area contributed by atoms with Crippen molar-refractivity contribution in [3.8, 4) is 0 Å². The van der Waals surface area contributed by atoms with Gasteiger partial charge in [-0.2, -0.15) is 0 Å². The SMILES string of the molecule is CC1CCN(c2ccc(F)cc2[C@H](C)N)CC1O. The van der Waals surface area contributed by atoms with E-state index in [0.717, 1.165) is 24.2 Å². The van der Waals surface area contributed by atoms with Crippen molar-refractivity contribution in [1.29, 1.82) is 0 Å². The predicted molar refractivity (Wildman–Crippen MR) is 71.0 cm³/mol. The summed E-state index contributed by atoms with van der Waals surface area (Å²) >= 11 is 0. The van der Waals surface area contributed by atoms with Crippen LogP contribution in [-0.2, 0) is 0 Å². The van der Waals surface area contributed by atoms with Crippen LogP contribution in [0.3, 0.4) is 0 Å². The number of aliphatic hydroxyl groups is 1. The minimum atomic E-state index is -0.329. The monoisotopic (exact) mass is 252 g/mol. The van der Waals surface area contributed by atoms with Gasteiger partial charge in [-0.3, -0.25) is 0 Å². The van der Waals surface area contributed by atoms with Gasteiger partial charge in [-0.05, 0) is 43.0 Å². The van der Waals surface area contributed by atoms with Gasteiger partial charge in [0.1, 0.15) is 5.82 Å². The molecule has 3 N–H and O–H groups in total. The van der Waals surface area contributed by atoms with Crippen molar-refractivity contribution in [3.63, 3.8) is 0 Å². The van der Waals surface area contributed by atoms with Crippen molar-refractivity contribution < 1.29 is 9.50 Å². The van der Waals surface area contributed by atoms with Crippen molar-refractivity contribution >= 4 is 5.69 Å². The second-order valence-electron chi connectivity index (χ2n) is 5.27. The van der Waals surface area contributed by atoms with Crippen molar-refractivity contribution in [1.82, 2.24) is 0 Å². The molecule has 1 aromatic rings. The van der Waals surface area contributed by atoms with E-state index in [1.165, 1.54) is 12.1 Å². The van der Waals surface area contributed by atoms with E-state index in [0.29, 0.717) is 12.5 Å². The number of hydrogen-bond acceptors (Lipinski definition) is 3. The fraction of sp³-hybridized carbons (Fsp3) is 0.571. The maximum atomic E-state index is 13.3. The minimum Gasteiger partial charge on any atom is -0.391 e. The van der Waals surface area contributed by atoms with Gasteiger partial charge in [0.15, 0.2) is 0 Å². The van der Waals surface area contributed by atoms with E-state index in [1.807, 2.05) is 6.92 Å². The fourth-order valence-electron chi connectivity index (χ4n) is 2.45. The van der Waals surface area contributed by atoms with Crippen molar-refractivity contribution in [3.05, 3.63) is 29.6 Å². The summed E-state index contributed by atoms with van der Waals surface area (Å²) in [5, 5.41) is 9.95. The molecule has 0 saturated carbocycles. The summed E-state index contributed by atoms with van der Waals surface area (Å²) in [4.78, 5) is 2.10. The molecule has 4 heteroatoms. The molecule has 0 radical (unpaired) electrons. The van der Waals surface area contributed by atoms with Crippen molar-refractivity contribution in [2.75, 3.05) is 18.0 Å². The molecule has 3 nitrogen and oxygen atoms in total. The lowest BCUT2D eigenvalue weighted by molar-refractivity contribution is 0.103. The quantitative estimate of drug-likeness (QED) is 0.847. The number of β-amino-alcohol motifs (C(OH)–C–C–N with tert-alkyl or cyclic N) is 1. The van der Waals surface area contributed by atoms with Gasteiger partial charge < -0.3 is 15.7 Å². The van der Waals surface area contributed by atoms with Gasteiger partial charge in [0.2, 0.25) is 0 Å². The zero-order valence-corrected chi connectivity index (χ0v) is 10.9. The molecule has 1 aromatic carbocycles. The molecule has 1 aliphatic rings. The summed E-state index contributed by atoms with van der Waals surface area (Å²) in [5.41, 5.74) is 7.64. The maximum absolute atomic E-state index is 13.3. The first-order chi connectivity index (χ1) is 8.49. The molecule has 100 valence electrons. The third-order valence-corrected chi connectivity index (χ3v) is 3.74. The number of nitrogens with zero attached hydrogens (tertiary/aromatic N) is 1. The molecule has 0 amide bonds. The lowest BCUT2D eigenvalue weighted by atomic mass is 9.94. The van der Waals surface area contributed by atoms with E-state index in [-0.39, 0.29) is 18.0 Å². The number of halogens is 1. The topological polar surface area (TPSA) is 49.5 Å².